The van der Waals surface area contributed by atoms with Gasteiger partial charge in [0, 0.05) is 51.6 Å². The van der Waals surface area contributed by atoms with Crippen molar-refractivity contribution in [3.8, 4) is 0 Å². The summed E-state index contributed by atoms with van der Waals surface area (Å²) in [5.41, 5.74) is 0.641. The van der Waals surface area contributed by atoms with Crippen molar-refractivity contribution < 1.29 is 18.8 Å². The van der Waals surface area contributed by atoms with Crippen molar-refractivity contribution in [2.45, 2.75) is 58.6 Å². The van der Waals surface area contributed by atoms with Gasteiger partial charge in [-0.3, -0.25) is 9.69 Å². The van der Waals surface area contributed by atoms with Gasteiger partial charge in [-0.2, -0.15) is 4.98 Å². The maximum absolute atomic E-state index is 13.1. The molecular weight excluding hydrogens is 446 g/mol. The van der Waals surface area contributed by atoms with E-state index in [1.807, 2.05) is 43.9 Å². The Labute approximate surface area is 207 Å². The minimum absolute atomic E-state index is 0.00124. The summed E-state index contributed by atoms with van der Waals surface area (Å²) < 4.78 is 11.0. The zero-order valence-electron chi connectivity index (χ0n) is 21.3. The lowest BCUT2D eigenvalue weighted by Gasteiger charge is -2.39. The summed E-state index contributed by atoms with van der Waals surface area (Å²) >= 11 is 0. The van der Waals surface area contributed by atoms with Crippen molar-refractivity contribution in [3.05, 3.63) is 47.6 Å². The first-order valence-corrected chi connectivity index (χ1v) is 12.6. The van der Waals surface area contributed by atoms with Crippen LogP contribution in [0, 0.1) is 5.92 Å². The highest BCUT2D eigenvalue weighted by atomic mass is 16.6. The smallest absolute Gasteiger partial charge is 0.410 e. The molecule has 9 heteroatoms. The lowest BCUT2D eigenvalue weighted by molar-refractivity contribution is -0.139. The highest BCUT2D eigenvalue weighted by Crippen LogP contribution is 2.25. The Morgan fingerprint density at radius 1 is 1.03 bits per heavy atom. The van der Waals surface area contributed by atoms with Crippen molar-refractivity contribution >= 4 is 12.0 Å². The van der Waals surface area contributed by atoms with Crippen LogP contribution in [0.15, 0.2) is 34.9 Å². The van der Waals surface area contributed by atoms with Crippen LogP contribution in [-0.2, 0) is 16.0 Å². The van der Waals surface area contributed by atoms with Crippen LogP contribution in [0.5, 0.6) is 0 Å². The second-order valence-electron chi connectivity index (χ2n) is 10.5. The van der Waals surface area contributed by atoms with Crippen LogP contribution in [0.1, 0.15) is 63.9 Å². The molecule has 0 unspecified atom stereocenters. The van der Waals surface area contributed by atoms with Crippen LogP contribution in [-0.4, -0.2) is 81.7 Å². The Bertz CT molecular complexity index is 987. The van der Waals surface area contributed by atoms with Gasteiger partial charge in [0.2, 0.25) is 11.8 Å². The Morgan fingerprint density at radius 2 is 1.69 bits per heavy atom. The number of amides is 2. The quantitative estimate of drug-likeness (QED) is 0.643. The molecule has 2 saturated heterocycles. The molecule has 0 bridgehead atoms. The molecule has 9 nitrogen and oxygen atoms in total. The number of ether oxygens (including phenoxy) is 1. The SMILES string of the molecule is C[C@@H](c1nc(Cc2ccccc2)no1)N1CCN(C(=O)C2CCN(C(=O)OC(C)(C)C)CC2)CC1. The van der Waals surface area contributed by atoms with Gasteiger partial charge < -0.3 is 19.1 Å². The number of piperidine rings is 1. The van der Waals surface area contributed by atoms with Gasteiger partial charge in [0.25, 0.3) is 0 Å². The summed E-state index contributed by atoms with van der Waals surface area (Å²) in [5, 5.41) is 4.16. The van der Waals surface area contributed by atoms with Gasteiger partial charge in [-0.05, 0) is 46.1 Å². The minimum Gasteiger partial charge on any atom is -0.444 e. The van der Waals surface area contributed by atoms with Crippen LogP contribution in [0.2, 0.25) is 0 Å². The highest BCUT2D eigenvalue weighted by Gasteiger charge is 2.34. The summed E-state index contributed by atoms with van der Waals surface area (Å²) in [6.45, 7) is 11.7. The van der Waals surface area contributed by atoms with Gasteiger partial charge in [-0.1, -0.05) is 35.5 Å². The van der Waals surface area contributed by atoms with E-state index >= 15 is 0 Å². The fourth-order valence-electron chi connectivity index (χ4n) is 4.67. The topological polar surface area (TPSA) is 92.0 Å². The largest absolute Gasteiger partial charge is 0.444 e. The van der Waals surface area contributed by atoms with Gasteiger partial charge in [-0.15, -0.1) is 0 Å². The third kappa shape index (κ3) is 6.60. The molecular formula is C26H37N5O4. The molecule has 1 aromatic carbocycles. The Morgan fingerprint density at radius 3 is 2.31 bits per heavy atom. The molecule has 190 valence electrons. The van der Waals surface area contributed by atoms with Crippen LogP contribution in [0.4, 0.5) is 4.79 Å². The van der Waals surface area contributed by atoms with E-state index in [0.29, 0.717) is 57.2 Å². The molecule has 2 aliphatic rings. The van der Waals surface area contributed by atoms with E-state index in [9.17, 15) is 9.59 Å². The number of likely N-dealkylation sites (tertiary alicyclic amines) is 1. The zero-order chi connectivity index (χ0) is 25.0. The van der Waals surface area contributed by atoms with Crippen molar-refractivity contribution in [2.75, 3.05) is 39.3 Å². The standard InChI is InChI=1S/C26H37N5O4/c1-19(23-27-22(28-35-23)18-20-8-6-5-7-9-20)29-14-16-30(17-15-29)24(32)21-10-12-31(13-11-21)25(33)34-26(2,3)4/h5-9,19,21H,10-18H2,1-4H3/t19-/m0/s1. The summed E-state index contributed by atoms with van der Waals surface area (Å²) in [6, 6.07) is 10.1. The van der Waals surface area contributed by atoms with E-state index in [2.05, 4.69) is 34.1 Å². The van der Waals surface area contributed by atoms with Crippen LogP contribution >= 0.6 is 0 Å². The molecule has 3 heterocycles. The number of hydrogen-bond acceptors (Lipinski definition) is 7. The summed E-state index contributed by atoms with van der Waals surface area (Å²) in [6.07, 6.45) is 1.72. The molecule has 2 aromatic rings. The van der Waals surface area contributed by atoms with E-state index in [1.54, 1.807) is 4.90 Å². The molecule has 2 aliphatic heterocycles. The number of hydrogen-bond donors (Lipinski definition) is 0. The molecule has 0 spiro atoms. The molecule has 2 amide bonds. The Balaban J connectivity index is 1.23. The number of nitrogens with zero attached hydrogens (tertiary/aromatic N) is 5. The van der Waals surface area contributed by atoms with Crippen molar-refractivity contribution in [3.63, 3.8) is 0 Å². The molecule has 1 aromatic heterocycles. The first-order valence-electron chi connectivity index (χ1n) is 12.6. The summed E-state index contributed by atoms with van der Waals surface area (Å²) in [4.78, 5) is 36.0. The summed E-state index contributed by atoms with van der Waals surface area (Å²) in [5.74, 6) is 1.47. The number of rotatable bonds is 5. The number of piperazine rings is 1. The number of carbonyl (C=O) groups is 2. The lowest BCUT2D eigenvalue weighted by atomic mass is 9.95. The van der Waals surface area contributed by atoms with E-state index < -0.39 is 5.60 Å². The van der Waals surface area contributed by atoms with E-state index in [0.717, 1.165) is 18.7 Å². The maximum Gasteiger partial charge on any atom is 0.410 e. The number of aromatic nitrogens is 2. The average molecular weight is 484 g/mol. The fraction of sp³-hybridized carbons (Fsp3) is 0.615. The van der Waals surface area contributed by atoms with Crippen LogP contribution in [0.3, 0.4) is 0 Å². The third-order valence-corrected chi connectivity index (χ3v) is 6.72. The average Bonchev–Trinajstić information content (AvgIpc) is 3.31. The first-order chi connectivity index (χ1) is 16.7. The molecule has 4 rings (SSSR count). The number of benzene rings is 1. The predicted octanol–water partition coefficient (Wildman–Crippen LogP) is 3.51. The second kappa shape index (κ2) is 10.8. The minimum atomic E-state index is -0.509. The highest BCUT2D eigenvalue weighted by molar-refractivity contribution is 5.79. The van der Waals surface area contributed by atoms with Crippen LogP contribution < -0.4 is 0 Å². The van der Waals surface area contributed by atoms with Crippen LogP contribution in [0.25, 0.3) is 0 Å². The molecule has 1 atom stereocenters. The summed E-state index contributed by atoms with van der Waals surface area (Å²) in [7, 11) is 0. The van der Waals surface area contributed by atoms with Crippen molar-refractivity contribution in [2.24, 2.45) is 5.92 Å². The van der Waals surface area contributed by atoms with E-state index in [4.69, 9.17) is 9.26 Å². The molecule has 35 heavy (non-hydrogen) atoms. The first kappa shape index (κ1) is 25.2. The number of carbonyl (C=O) groups excluding carboxylic acids is 2. The predicted molar refractivity (Wildman–Crippen MR) is 131 cm³/mol. The zero-order valence-corrected chi connectivity index (χ0v) is 21.3. The molecule has 0 N–H and O–H groups in total. The maximum atomic E-state index is 13.1. The van der Waals surface area contributed by atoms with Gasteiger partial charge >= 0.3 is 6.09 Å². The Kier molecular flexibility index (Phi) is 7.74. The normalized spacial score (nSPS) is 19.0. The lowest BCUT2D eigenvalue weighted by Crippen LogP contribution is -2.52. The van der Waals surface area contributed by atoms with Gasteiger partial charge in [0.15, 0.2) is 5.82 Å². The monoisotopic (exact) mass is 483 g/mol. The van der Waals surface area contributed by atoms with E-state index in [-0.39, 0.29) is 24.0 Å². The third-order valence-electron chi connectivity index (χ3n) is 6.72. The van der Waals surface area contributed by atoms with Gasteiger partial charge in [-0.25, -0.2) is 4.79 Å². The second-order valence-corrected chi connectivity index (χ2v) is 10.5. The van der Waals surface area contributed by atoms with Crippen molar-refractivity contribution in [1.82, 2.24) is 24.8 Å². The van der Waals surface area contributed by atoms with Crippen molar-refractivity contribution in [1.29, 1.82) is 0 Å². The van der Waals surface area contributed by atoms with E-state index in [1.165, 1.54) is 0 Å². The van der Waals surface area contributed by atoms with Gasteiger partial charge in [0.05, 0.1) is 6.04 Å². The molecule has 0 saturated carbocycles. The molecule has 0 aliphatic carbocycles. The Hall–Kier alpha value is -2.94. The fourth-order valence-corrected chi connectivity index (χ4v) is 4.67. The molecule has 0 radical (unpaired) electrons. The molecule has 2 fully saturated rings. The van der Waals surface area contributed by atoms with Gasteiger partial charge in [0.1, 0.15) is 5.60 Å².